The number of amides is 2. The van der Waals surface area contributed by atoms with Crippen LogP contribution in [0.25, 0.3) is 0 Å². The van der Waals surface area contributed by atoms with Crippen LogP contribution in [0.15, 0.2) is 18.3 Å². The van der Waals surface area contributed by atoms with Crippen LogP contribution in [-0.2, 0) is 4.79 Å². The highest BCUT2D eigenvalue weighted by Crippen LogP contribution is 2.27. The normalized spacial score (nSPS) is 14.1. The third kappa shape index (κ3) is 2.97. The van der Waals surface area contributed by atoms with Crippen LogP contribution < -0.4 is 5.32 Å². The molecule has 1 aromatic heterocycles. The minimum absolute atomic E-state index is 0.0538. The Balaban J connectivity index is 2.05. The number of aromatic nitrogens is 1. The maximum Gasteiger partial charge on any atom is 0.323 e. The molecule has 0 bridgehead atoms. The zero-order valence-corrected chi connectivity index (χ0v) is 10.1. The van der Waals surface area contributed by atoms with E-state index in [2.05, 4.69) is 10.3 Å². The van der Waals surface area contributed by atoms with Crippen LogP contribution in [0.3, 0.4) is 0 Å². The van der Waals surface area contributed by atoms with E-state index in [1.807, 2.05) is 0 Å². The van der Waals surface area contributed by atoms with E-state index >= 15 is 0 Å². The Labute approximate surface area is 105 Å². The van der Waals surface area contributed by atoms with Crippen LogP contribution in [0.4, 0.5) is 10.5 Å². The summed E-state index contributed by atoms with van der Waals surface area (Å²) in [4.78, 5) is 28.2. The molecule has 2 amide bonds. The molecule has 0 unspecified atom stereocenters. The van der Waals surface area contributed by atoms with Crippen molar-refractivity contribution in [3.05, 3.63) is 24.0 Å². The predicted molar refractivity (Wildman–Crippen MR) is 65.4 cm³/mol. The molecule has 1 saturated carbocycles. The molecular formula is C12H15N3O3. The Morgan fingerprint density at radius 1 is 1.56 bits per heavy atom. The van der Waals surface area contributed by atoms with Gasteiger partial charge in [0.25, 0.3) is 0 Å². The Kier molecular flexibility index (Phi) is 3.45. The molecule has 18 heavy (non-hydrogen) atoms. The smallest absolute Gasteiger partial charge is 0.323 e. The first kappa shape index (κ1) is 12.3. The number of hydrogen-bond donors (Lipinski definition) is 2. The van der Waals surface area contributed by atoms with E-state index in [4.69, 9.17) is 5.11 Å². The molecule has 0 radical (unpaired) electrons. The number of aryl methyl sites for hydroxylation is 1. The molecule has 2 N–H and O–H groups in total. The van der Waals surface area contributed by atoms with E-state index in [1.165, 1.54) is 4.90 Å². The van der Waals surface area contributed by atoms with E-state index in [0.29, 0.717) is 11.4 Å². The van der Waals surface area contributed by atoms with Gasteiger partial charge in [0.05, 0.1) is 11.4 Å². The van der Waals surface area contributed by atoms with E-state index in [1.54, 1.807) is 25.3 Å². The highest BCUT2D eigenvalue weighted by atomic mass is 16.4. The van der Waals surface area contributed by atoms with Crippen molar-refractivity contribution in [2.75, 3.05) is 11.9 Å². The van der Waals surface area contributed by atoms with Gasteiger partial charge < -0.3 is 15.3 Å². The van der Waals surface area contributed by atoms with Crippen molar-refractivity contribution < 1.29 is 14.7 Å². The molecule has 0 saturated heterocycles. The van der Waals surface area contributed by atoms with Gasteiger partial charge in [-0.25, -0.2) is 4.79 Å². The maximum atomic E-state index is 12.0. The number of carboxylic acid groups (broad SMARTS) is 1. The highest BCUT2D eigenvalue weighted by Gasteiger charge is 2.34. The molecule has 1 aliphatic carbocycles. The molecule has 1 aromatic rings. The number of carboxylic acids is 1. The number of rotatable bonds is 4. The Morgan fingerprint density at radius 3 is 2.83 bits per heavy atom. The van der Waals surface area contributed by atoms with Crippen LogP contribution >= 0.6 is 0 Å². The lowest BCUT2D eigenvalue weighted by molar-refractivity contribution is -0.137. The monoisotopic (exact) mass is 249 g/mol. The average molecular weight is 249 g/mol. The third-order valence-electron chi connectivity index (χ3n) is 2.80. The van der Waals surface area contributed by atoms with Gasteiger partial charge >= 0.3 is 12.0 Å². The SMILES string of the molecule is Cc1ncccc1NC(=O)N(CC(=O)O)C1CC1. The summed E-state index contributed by atoms with van der Waals surface area (Å²) < 4.78 is 0. The summed E-state index contributed by atoms with van der Waals surface area (Å²) in [6.45, 7) is 1.52. The van der Waals surface area contributed by atoms with Crippen LogP contribution in [0.5, 0.6) is 0 Å². The van der Waals surface area contributed by atoms with Crippen LogP contribution in [0, 0.1) is 6.92 Å². The van der Waals surface area contributed by atoms with E-state index in [0.717, 1.165) is 12.8 Å². The van der Waals surface area contributed by atoms with Gasteiger partial charge in [0, 0.05) is 12.2 Å². The molecule has 2 rings (SSSR count). The Bertz CT molecular complexity index is 471. The van der Waals surface area contributed by atoms with Gasteiger partial charge in [-0.3, -0.25) is 9.78 Å². The summed E-state index contributed by atoms with van der Waals surface area (Å²) >= 11 is 0. The quantitative estimate of drug-likeness (QED) is 0.846. The molecule has 6 nitrogen and oxygen atoms in total. The number of hydrogen-bond acceptors (Lipinski definition) is 3. The van der Waals surface area contributed by atoms with E-state index in [9.17, 15) is 9.59 Å². The van der Waals surface area contributed by atoms with Crippen molar-refractivity contribution in [3.8, 4) is 0 Å². The number of pyridine rings is 1. The number of carbonyl (C=O) groups excluding carboxylic acids is 1. The third-order valence-corrected chi connectivity index (χ3v) is 2.80. The lowest BCUT2D eigenvalue weighted by Crippen LogP contribution is -2.40. The van der Waals surface area contributed by atoms with Crippen molar-refractivity contribution in [2.45, 2.75) is 25.8 Å². The molecule has 0 spiro atoms. The topological polar surface area (TPSA) is 82.5 Å². The van der Waals surface area contributed by atoms with E-state index < -0.39 is 5.97 Å². The van der Waals surface area contributed by atoms with Gasteiger partial charge in [0.2, 0.25) is 0 Å². The molecule has 0 aromatic carbocycles. The first-order valence-corrected chi connectivity index (χ1v) is 5.79. The largest absolute Gasteiger partial charge is 0.480 e. The number of urea groups is 1. The highest BCUT2D eigenvalue weighted by molar-refractivity contribution is 5.92. The van der Waals surface area contributed by atoms with Crippen molar-refractivity contribution >= 4 is 17.7 Å². The lowest BCUT2D eigenvalue weighted by Gasteiger charge is -2.21. The fraction of sp³-hybridized carbons (Fsp3) is 0.417. The van der Waals surface area contributed by atoms with Crippen molar-refractivity contribution in [1.82, 2.24) is 9.88 Å². The van der Waals surface area contributed by atoms with Gasteiger partial charge in [-0.15, -0.1) is 0 Å². The predicted octanol–water partition coefficient (Wildman–Crippen LogP) is 1.47. The molecule has 1 fully saturated rings. The minimum Gasteiger partial charge on any atom is -0.480 e. The van der Waals surface area contributed by atoms with Crippen LogP contribution in [-0.4, -0.2) is 39.6 Å². The second kappa shape index (κ2) is 5.03. The zero-order valence-electron chi connectivity index (χ0n) is 10.1. The van der Waals surface area contributed by atoms with Crippen molar-refractivity contribution in [1.29, 1.82) is 0 Å². The summed E-state index contributed by atoms with van der Waals surface area (Å²) in [6.07, 6.45) is 3.38. The summed E-state index contributed by atoms with van der Waals surface area (Å²) in [5.41, 5.74) is 1.32. The van der Waals surface area contributed by atoms with Crippen molar-refractivity contribution in [2.24, 2.45) is 0 Å². The zero-order chi connectivity index (χ0) is 13.1. The van der Waals surface area contributed by atoms with Crippen LogP contribution in [0.2, 0.25) is 0 Å². The molecule has 96 valence electrons. The van der Waals surface area contributed by atoms with Gasteiger partial charge in [-0.2, -0.15) is 0 Å². The fourth-order valence-corrected chi connectivity index (χ4v) is 1.70. The first-order chi connectivity index (χ1) is 8.58. The first-order valence-electron chi connectivity index (χ1n) is 5.79. The van der Waals surface area contributed by atoms with Gasteiger partial charge in [-0.05, 0) is 31.9 Å². The van der Waals surface area contributed by atoms with Crippen LogP contribution in [0.1, 0.15) is 18.5 Å². The Hall–Kier alpha value is -2.11. The maximum absolute atomic E-state index is 12.0. The second-order valence-electron chi connectivity index (χ2n) is 4.32. The van der Waals surface area contributed by atoms with Crippen molar-refractivity contribution in [3.63, 3.8) is 0 Å². The molecule has 1 heterocycles. The summed E-state index contributed by atoms with van der Waals surface area (Å²) in [5.74, 6) is -1.00. The molecular weight excluding hydrogens is 234 g/mol. The standard InChI is InChI=1S/C12H15N3O3/c1-8-10(3-2-6-13-8)14-12(18)15(7-11(16)17)9-4-5-9/h2-3,6,9H,4-5,7H2,1H3,(H,14,18)(H,16,17). The molecule has 0 atom stereocenters. The van der Waals surface area contributed by atoms with E-state index in [-0.39, 0.29) is 18.6 Å². The molecule has 0 aliphatic heterocycles. The van der Waals surface area contributed by atoms with Gasteiger partial charge in [-0.1, -0.05) is 0 Å². The average Bonchev–Trinajstić information content (AvgIpc) is 3.12. The fourth-order valence-electron chi connectivity index (χ4n) is 1.70. The summed E-state index contributed by atoms with van der Waals surface area (Å²) in [5, 5.41) is 11.5. The number of carbonyl (C=O) groups is 2. The number of aliphatic carboxylic acids is 1. The second-order valence-corrected chi connectivity index (χ2v) is 4.32. The van der Waals surface area contributed by atoms with Gasteiger partial charge in [0.1, 0.15) is 6.54 Å². The lowest BCUT2D eigenvalue weighted by atomic mass is 10.3. The number of anilines is 1. The molecule has 1 aliphatic rings. The summed E-state index contributed by atoms with van der Waals surface area (Å²) in [7, 11) is 0. The Morgan fingerprint density at radius 2 is 2.28 bits per heavy atom. The molecule has 6 heteroatoms. The summed E-state index contributed by atoms with van der Waals surface area (Å²) in [6, 6.07) is 3.14. The number of nitrogens with zero attached hydrogens (tertiary/aromatic N) is 2. The van der Waals surface area contributed by atoms with Gasteiger partial charge in [0.15, 0.2) is 0 Å². The number of nitrogens with one attached hydrogen (secondary N) is 1. The minimum atomic E-state index is -1.00.